The predicted molar refractivity (Wildman–Crippen MR) is 94.1 cm³/mol. The Morgan fingerprint density at radius 2 is 2.09 bits per heavy atom. The molecule has 0 aliphatic heterocycles. The molecule has 120 valence electrons. The van der Waals surface area contributed by atoms with Crippen molar-refractivity contribution in [1.29, 1.82) is 0 Å². The highest BCUT2D eigenvalue weighted by Gasteiger charge is 2.14. The van der Waals surface area contributed by atoms with E-state index in [1.807, 2.05) is 12.3 Å². The van der Waals surface area contributed by atoms with Crippen LogP contribution in [-0.2, 0) is 11.5 Å². The first-order valence-electron chi connectivity index (χ1n) is 7.07. The summed E-state index contributed by atoms with van der Waals surface area (Å²) < 4.78 is 7.54. The standard InChI is InChI=1S/C14H21ClN4OSSi/c1-21-14-17-13(11-5-6-12(15)16-9-11)18-19(14)10-20-7-8-22(2,3)4/h5-6,9H,7-8,10H2,1-4H3. The lowest BCUT2D eigenvalue weighted by Crippen LogP contribution is -2.22. The third-order valence-corrected chi connectivity index (χ3v) is 5.61. The first kappa shape index (κ1) is 17.5. The van der Waals surface area contributed by atoms with Crippen LogP contribution < -0.4 is 0 Å². The molecule has 2 aromatic heterocycles. The topological polar surface area (TPSA) is 52.8 Å². The Morgan fingerprint density at radius 3 is 2.68 bits per heavy atom. The van der Waals surface area contributed by atoms with Crippen LogP contribution in [0.2, 0.25) is 30.8 Å². The zero-order valence-electron chi connectivity index (χ0n) is 13.3. The number of halogens is 1. The zero-order valence-corrected chi connectivity index (χ0v) is 15.9. The van der Waals surface area contributed by atoms with E-state index in [2.05, 4.69) is 34.7 Å². The van der Waals surface area contributed by atoms with Gasteiger partial charge < -0.3 is 4.74 Å². The third kappa shape index (κ3) is 5.08. The van der Waals surface area contributed by atoms with Gasteiger partial charge in [-0.15, -0.1) is 5.10 Å². The number of hydrogen-bond donors (Lipinski definition) is 0. The molecule has 22 heavy (non-hydrogen) atoms. The molecular weight excluding hydrogens is 336 g/mol. The van der Waals surface area contributed by atoms with Crippen molar-refractivity contribution in [3.8, 4) is 11.4 Å². The first-order valence-corrected chi connectivity index (χ1v) is 12.4. The van der Waals surface area contributed by atoms with Gasteiger partial charge in [0.1, 0.15) is 11.9 Å². The molecule has 8 heteroatoms. The highest BCUT2D eigenvalue weighted by atomic mass is 35.5. The van der Waals surface area contributed by atoms with Gasteiger partial charge in [-0.3, -0.25) is 0 Å². The lowest BCUT2D eigenvalue weighted by molar-refractivity contribution is 0.0720. The molecule has 0 radical (unpaired) electrons. The quantitative estimate of drug-likeness (QED) is 0.324. The summed E-state index contributed by atoms with van der Waals surface area (Å²) in [7, 11) is -1.07. The number of rotatable bonds is 7. The van der Waals surface area contributed by atoms with E-state index in [4.69, 9.17) is 16.3 Å². The van der Waals surface area contributed by atoms with Gasteiger partial charge in [-0.25, -0.2) is 14.6 Å². The lowest BCUT2D eigenvalue weighted by Gasteiger charge is -2.15. The van der Waals surface area contributed by atoms with Crippen LogP contribution in [0.15, 0.2) is 23.5 Å². The van der Waals surface area contributed by atoms with Crippen LogP contribution in [-0.4, -0.2) is 40.7 Å². The summed E-state index contributed by atoms with van der Waals surface area (Å²) in [6, 6.07) is 4.75. The molecular formula is C14H21ClN4OSSi. The predicted octanol–water partition coefficient (Wildman–Crippen LogP) is 4.03. The zero-order chi connectivity index (χ0) is 16.2. The molecule has 0 N–H and O–H groups in total. The van der Waals surface area contributed by atoms with Gasteiger partial charge in [0.25, 0.3) is 0 Å². The maximum Gasteiger partial charge on any atom is 0.188 e. The normalized spacial score (nSPS) is 11.9. The van der Waals surface area contributed by atoms with E-state index in [0.717, 1.165) is 23.4 Å². The molecule has 2 aromatic rings. The van der Waals surface area contributed by atoms with Crippen molar-refractivity contribution in [2.24, 2.45) is 0 Å². The molecule has 0 saturated carbocycles. The molecule has 2 rings (SSSR count). The first-order chi connectivity index (χ1) is 10.4. The van der Waals surface area contributed by atoms with Crippen molar-refractivity contribution < 1.29 is 4.74 Å². The van der Waals surface area contributed by atoms with Crippen LogP contribution >= 0.6 is 23.4 Å². The summed E-state index contributed by atoms with van der Waals surface area (Å²) in [5.41, 5.74) is 0.848. The molecule has 0 aliphatic carbocycles. The van der Waals surface area contributed by atoms with E-state index in [9.17, 15) is 0 Å². The Morgan fingerprint density at radius 1 is 1.32 bits per heavy atom. The highest BCUT2D eigenvalue weighted by Crippen LogP contribution is 2.20. The Kier molecular flexibility index (Phi) is 6.02. The average molecular weight is 357 g/mol. The monoisotopic (exact) mass is 356 g/mol. The fourth-order valence-electron chi connectivity index (χ4n) is 1.72. The number of nitrogens with zero attached hydrogens (tertiary/aromatic N) is 4. The molecule has 2 heterocycles. The lowest BCUT2D eigenvalue weighted by atomic mass is 10.3. The summed E-state index contributed by atoms with van der Waals surface area (Å²) >= 11 is 7.36. The maximum absolute atomic E-state index is 5.81. The van der Waals surface area contributed by atoms with E-state index in [0.29, 0.717) is 17.7 Å². The van der Waals surface area contributed by atoms with Crippen molar-refractivity contribution in [2.45, 2.75) is 37.6 Å². The van der Waals surface area contributed by atoms with Crippen LogP contribution in [0, 0.1) is 0 Å². The minimum atomic E-state index is -1.07. The van der Waals surface area contributed by atoms with E-state index >= 15 is 0 Å². The van der Waals surface area contributed by atoms with Gasteiger partial charge in [-0.2, -0.15) is 0 Å². The van der Waals surface area contributed by atoms with Crippen LogP contribution in [0.1, 0.15) is 0 Å². The summed E-state index contributed by atoms with van der Waals surface area (Å²) in [5, 5.41) is 5.80. The van der Waals surface area contributed by atoms with Crippen LogP contribution in [0.4, 0.5) is 0 Å². The van der Waals surface area contributed by atoms with Crippen molar-refractivity contribution in [2.75, 3.05) is 12.9 Å². The van der Waals surface area contributed by atoms with E-state index in [1.54, 1.807) is 28.7 Å². The highest BCUT2D eigenvalue weighted by molar-refractivity contribution is 7.98. The molecule has 0 amide bonds. The number of thioether (sulfide) groups is 1. The van der Waals surface area contributed by atoms with Crippen molar-refractivity contribution in [3.05, 3.63) is 23.5 Å². The second-order valence-corrected chi connectivity index (χ2v) is 12.9. The second-order valence-electron chi connectivity index (χ2n) is 6.14. The summed E-state index contributed by atoms with van der Waals surface area (Å²) in [6.45, 7) is 8.20. The molecule has 0 spiro atoms. The largest absolute Gasteiger partial charge is 0.359 e. The fourth-order valence-corrected chi connectivity index (χ4v) is 3.07. The SMILES string of the molecule is CSc1nc(-c2ccc(Cl)nc2)nn1COCC[Si](C)(C)C. The molecule has 0 aliphatic rings. The van der Waals surface area contributed by atoms with E-state index < -0.39 is 8.07 Å². The van der Waals surface area contributed by atoms with E-state index in [1.165, 1.54) is 0 Å². The molecule has 0 atom stereocenters. The number of ether oxygens (including phenoxy) is 1. The molecule has 5 nitrogen and oxygen atoms in total. The minimum absolute atomic E-state index is 0.425. The number of hydrogen-bond acceptors (Lipinski definition) is 5. The van der Waals surface area contributed by atoms with Crippen LogP contribution in [0.3, 0.4) is 0 Å². The van der Waals surface area contributed by atoms with Crippen molar-refractivity contribution in [1.82, 2.24) is 19.7 Å². The van der Waals surface area contributed by atoms with Crippen molar-refractivity contribution in [3.63, 3.8) is 0 Å². The molecule has 0 unspecified atom stereocenters. The summed E-state index contributed by atoms with van der Waals surface area (Å²) in [4.78, 5) is 8.58. The van der Waals surface area contributed by atoms with Crippen LogP contribution in [0.25, 0.3) is 11.4 Å². The van der Waals surface area contributed by atoms with Gasteiger partial charge in [-0.05, 0) is 24.4 Å². The van der Waals surface area contributed by atoms with Gasteiger partial charge in [0.2, 0.25) is 0 Å². The van der Waals surface area contributed by atoms with Gasteiger partial charge in [0.15, 0.2) is 11.0 Å². The smallest absolute Gasteiger partial charge is 0.188 e. The Balaban J connectivity index is 2.04. The molecule has 0 bridgehead atoms. The average Bonchev–Trinajstić information content (AvgIpc) is 2.86. The molecule has 0 saturated heterocycles. The summed E-state index contributed by atoms with van der Waals surface area (Å²) in [5.74, 6) is 0.641. The van der Waals surface area contributed by atoms with E-state index in [-0.39, 0.29) is 0 Å². The minimum Gasteiger partial charge on any atom is -0.359 e. The fraction of sp³-hybridized carbons (Fsp3) is 0.500. The van der Waals surface area contributed by atoms with Gasteiger partial charge in [-0.1, -0.05) is 43.0 Å². The van der Waals surface area contributed by atoms with Gasteiger partial charge in [0, 0.05) is 26.4 Å². The molecule has 0 aromatic carbocycles. The Hall–Kier alpha value is -0.893. The molecule has 0 fully saturated rings. The third-order valence-electron chi connectivity index (χ3n) is 3.02. The van der Waals surface area contributed by atoms with Gasteiger partial charge in [0.05, 0.1) is 0 Å². The number of pyridine rings is 1. The second kappa shape index (κ2) is 7.59. The Labute approximate surface area is 141 Å². The maximum atomic E-state index is 5.81. The Bertz CT molecular complexity index is 612. The van der Waals surface area contributed by atoms with Crippen molar-refractivity contribution >= 4 is 31.4 Å². The summed E-state index contributed by atoms with van der Waals surface area (Å²) in [6.07, 6.45) is 3.66. The van der Waals surface area contributed by atoms with Crippen LogP contribution in [0.5, 0.6) is 0 Å². The number of aromatic nitrogens is 4. The van der Waals surface area contributed by atoms with Gasteiger partial charge >= 0.3 is 0 Å².